The van der Waals surface area contributed by atoms with Gasteiger partial charge in [-0.2, -0.15) is 0 Å². The monoisotopic (exact) mass is 377 g/mol. The topological polar surface area (TPSA) is 81.7 Å². The Hall–Kier alpha value is -3.29. The van der Waals surface area contributed by atoms with Gasteiger partial charge < -0.3 is 14.8 Å². The number of carbonyl (C=O) groups is 3. The molecule has 8 heteroatoms. The Morgan fingerprint density at radius 2 is 1.44 bits per heavy atom. The molecule has 2 aromatic carbocycles. The third-order valence-electron chi connectivity index (χ3n) is 3.39. The molecule has 1 N–H and O–H groups in total. The minimum absolute atomic E-state index is 0.0114. The molecule has 0 saturated heterocycles. The summed E-state index contributed by atoms with van der Waals surface area (Å²) in [5.41, 5.74) is -0.317. The highest BCUT2D eigenvalue weighted by atomic mass is 19.1. The summed E-state index contributed by atoms with van der Waals surface area (Å²) in [6, 6.07) is 6.33. The first-order chi connectivity index (χ1) is 12.8. The molecule has 27 heavy (non-hydrogen) atoms. The van der Waals surface area contributed by atoms with Crippen molar-refractivity contribution in [3.8, 4) is 0 Å². The van der Waals surface area contributed by atoms with Crippen LogP contribution in [0.5, 0.6) is 0 Å². The Labute approximate surface area is 154 Å². The standard InChI is InChI=1S/C19H17F2NO5/c1-3-26-18(24)11-7-12(19(25)27-4-2)9-14(8-11)22-17(23)15-6-5-13(20)10-16(15)21/h5-10H,3-4H2,1-2H3,(H,22,23). The smallest absolute Gasteiger partial charge is 0.338 e. The molecule has 0 fully saturated rings. The van der Waals surface area contributed by atoms with Crippen molar-refractivity contribution in [2.75, 3.05) is 18.5 Å². The highest BCUT2D eigenvalue weighted by molar-refractivity contribution is 6.06. The highest BCUT2D eigenvalue weighted by Gasteiger charge is 2.18. The van der Waals surface area contributed by atoms with Crippen molar-refractivity contribution < 1.29 is 32.6 Å². The minimum Gasteiger partial charge on any atom is -0.462 e. The van der Waals surface area contributed by atoms with Crippen molar-refractivity contribution in [2.45, 2.75) is 13.8 Å². The van der Waals surface area contributed by atoms with E-state index in [0.29, 0.717) is 6.07 Å². The Morgan fingerprint density at radius 1 is 0.889 bits per heavy atom. The van der Waals surface area contributed by atoms with E-state index in [2.05, 4.69) is 5.32 Å². The summed E-state index contributed by atoms with van der Waals surface area (Å²) in [7, 11) is 0. The molecule has 6 nitrogen and oxygen atoms in total. The Bertz CT molecular complexity index is 846. The zero-order valence-electron chi connectivity index (χ0n) is 14.7. The molecule has 0 bridgehead atoms. The maximum atomic E-state index is 13.8. The summed E-state index contributed by atoms with van der Waals surface area (Å²) in [6.07, 6.45) is 0. The molecule has 142 valence electrons. The average molecular weight is 377 g/mol. The van der Waals surface area contributed by atoms with Crippen LogP contribution >= 0.6 is 0 Å². The quantitative estimate of drug-likeness (QED) is 0.779. The van der Waals surface area contributed by atoms with Crippen LogP contribution in [0.2, 0.25) is 0 Å². The van der Waals surface area contributed by atoms with Crippen molar-refractivity contribution in [3.63, 3.8) is 0 Å². The number of halogens is 2. The minimum atomic E-state index is -1.04. The van der Waals surface area contributed by atoms with Crippen LogP contribution < -0.4 is 5.32 Å². The number of ether oxygens (including phenoxy) is 2. The van der Waals surface area contributed by atoms with Crippen LogP contribution in [-0.4, -0.2) is 31.1 Å². The summed E-state index contributed by atoms with van der Waals surface area (Å²) >= 11 is 0. The fraction of sp³-hybridized carbons (Fsp3) is 0.211. The molecular formula is C19H17F2NO5. The number of anilines is 1. The third-order valence-corrected chi connectivity index (χ3v) is 3.39. The van der Waals surface area contributed by atoms with Crippen LogP contribution in [0.15, 0.2) is 36.4 Å². The van der Waals surface area contributed by atoms with Crippen molar-refractivity contribution in [2.24, 2.45) is 0 Å². The number of carbonyl (C=O) groups excluding carboxylic acids is 3. The van der Waals surface area contributed by atoms with E-state index in [1.807, 2.05) is 0 Å². The van der Waals surface area contributed by atoms with E-state index in [1.165, 1.54) is 18.2 Å². The lowest BCUT2D eigenvalue weighted by molar-refractivity contribution is 0.0525. The van der Waals surface area contributed by atoms with E-state index >= 15 is 0 Å². The van der Waals surface area contributed by atoms with Gasteiger partial charge in [0.05, 0.1) is 29.9 Å². The second kappa shape index (κ2) is 8.88. The average Bonchev–Trinajstić information content (AvgIpc) is 2.61. The summed E-state index contributed by atoms with van der Waals surface area (Å²) in [5, 5.41) is 2.38. The number of benzene rings is 2. The lowest BCUT2D eigenvalue weighted by Gasteiger charge is -2.11. The Kier molecular flexibility index (Phi) is 6.59. The number of nitrogens with one attached hydrogen (secondary N) is 1. The zero-order chi connectivity index (χ0) is 20.0. The molecule has 2 rings (SSSR count). The number of hydrogen-bond acceptors (Lipinski definition) is 5. The van der Waals surface area contributed by atoms with E-state index in [4.69, 9.17) is 9.47 Å². The Morgan fingerprint density at radius 3 is 1.93 bits per heavy atom. The van der Waals surface area contributed by atoms with Gasteiger partial charge in [0.25, 0.3) is 5.91 Å². The van der Waals surface area contributed by atoms with Crippen LogP contribution in [0.3, 0.4) is 0 Å². The van der Waals surface area contributed by atoms with Crippen molar-refractivity contribution >= 4 is 23.5 Å². The SMILES string of the molecule is CCOC(=O)c1cc(NC(=O)c2ccc(F)cc2F)cc(C(=O)OCC)c1. The van der Waals surface area contributed by atoms with Crippen LogP contribution in [0, 0.1) is 11.6 Å². The molecule has 0 aromatic heterocycles. The van der Waals surface area contributed by atoms with Gasteiger partial charge >= 0.3 is 11.9 Å². The van der Waals surface area contributed by atoms with E-state index in [9.17, 15) is 23.2 Å². The second-order valence-corrected chi connectivity index (χ2v) is 5.32. The van der Waals surface area contributed by atoms with Gasteiger partial charge in [0, 0.05) is 11.8 Å². The van der Waals surface area contributed by atoms with Crippen molar-refractivity contribution in [1.82, 2.24) is 0 Å². The van der Waals surface area contributed by atoms with Gasteiger partial charge in [-0.1, -0.05) is 0 Å². The fourth-order valence-corrected chi connectivity index (χ4v) is 2.24. The lowest BCUT2D eigenvalue weighted by atomic mass is 10.1. The van der Waals surface area contributed by atoms with E-state index in [0.717, 1.165) is 12.1 Å². The molecule has 0 radical (unpaired) electrons. The molecule has 2 aromatic rings. The maximum Gasteiger partial charge on any atom is 0.338 e. The lowest BCUT2D eigenvalue weighted by Crippen LogP contribution is -2.16. The largest absolute Gasteiger partial charge is 0.462 e. The Balaban J connectivity index is 2.37. The molecule has 0 aliphatic rings. The summed E-state index contributed by atoms with van der Waals surface area (Å²) in [6.45, 7) is 3.47. The zero-order valence-corrected chi connectivity index (χ0v) is 14.7. The summed E-state index contributed by atoms with van der Waals surface area (Å²) in [4.78, 5) is 36.2. The highest BCUT2D eigenvalue weighted by Crippen LogP contribution is 2.19. The van der Waals surface area contributed by atoms with Crippen molar-refractivity contribution in [1.29, 1.82) is 0 Å². The first kappa shape index (κ1) is 20.0. The van der Waals surface area contributed by atoms with Gasteiger partial charge in [0.15, 0.2) is 0 Å². The number of amides is 1. The van der Waals surface area contributed by atoms with Crippen LogP contribution in [0.1, 0.15) is 44.9 Å². The van der Waals surface area contributed by atoms with Crippen LogP contribution in [-0.2, 0) is 9.47 Å². The first-order valence-electron chi connectivity index (χ1n) is 8.11. The predicted molar refractivity (Wildman–Crippen MR) is 92.7 cm³/mol. The van der Waals surface area contributed by atoms with E-state index in [-0.39, 0.29) is 30.0 Å². The van der Waals surface area contributed by atoms with E-state index in [1.54, 1.807) is 13.8 Å². The van der Waals surface area contributed by atoms with Crippen LogP contribution in [0.4, 0.5) is 14.5 Å². The van der Waals surface area contributed by atoms with Gasteiger partial charge in [-0.05, 0) is 44.2 Å². The van der Waals surface area contributed by atoms with Gasteiger partial charge in [-0.25, -0.2) is 18.4 Å². The van der Waals surface area contributed by atoms with Gasteiger partial charge in [0.1, 0.15) is 11.6 Å². The van der Waals surface area contributed by atoms with Crippen molar-refractivity contribution in [3.05, 3.63) is 64.7 Å². The fourth-order valence-electron chi connectivity index (χ4n) is 2.24. The molecule has 0 aliphatic carbocycles. The van der Waals surface area contributed by atoms with Crippen LogP contribution in [0.25, 0.3) is 0 Å². The normalized spacial score (nSPS) is 10.2. The third kappa shape index (κ3) is 5.10. The molecule has 0 atom stereocenters. The first-order valence-corrected chi connectivity index (χ1v) is 8.11. The van der Waals surface area contributed by atoms with Gasteiger partial charge in [-0.15, -0.1) is 0 Å². The number of esters is 2. The van der Waals surface area contributed by atoms with Gasteiger partial charge in [0.2, 0.25) is 0 Å². The predicted octanol–water partition coefficient (Wildman–Crippen LogP) is 3.57. The number of rotatable bonds is 6. The molecular weight excluding hydrogens is 360 g/mol. The molecule has 0 heterocycles. The summed E-state index contributed by atoms with van der Waals surface area (Å²) in [5.74, 6) is -4.14. The maximum absolute atomic E-state index is 13.8. The molecule has 0 aliphatic heterocycles. The molecule has 0 saturated carbocycles. The molecule has 0 unspecified atom stereocenters. The molecule has 0 spiro atoms. The number of hydrogen-bond donors (Lipinski definition) is 1. The van der Waals surface area contributed by atoms with E-state index < -0.39 is 35.0 Å². The van der Waals surface area contributed by atoms with Gasteiger partial charge in [-0.3, -0.25) is 4.79 Å². The summed E-state index contributed by atoms with van der Waals surface area (Å²) < 4.78 is 36.6. The second-order valence-electron chi connectivity index (χ2n) is 5.32. The molecule has 1 amide bonds.